The molecule has 11 atom stereocenters. The van der Waals surface area contributed by atoms with Gasteiger partial charge >= 0.3 is 11.9 Å². The number of hydrogen-bond acceptors (Lipinski definition) is 10. The van der Waals surface area contributed by atoms with E-state index >= 15 is 0 Å². The molecule has 0 aromatic carbocycles. The molecule has 4 heterocycles. The van der Waals surface area contributed by atoms with Crippen molar-refractivity contribution in [3.8, 4) is 0 Å². The molecule has 4 aliphatic heterocycles. The molecule has 0 aromatic heterocycles. The molecule has 5 rings (SSSR count). The van der Waals surface area contributed by atoms with E-state index in [0.717, 1.165) is 19.3 Å². The van der Waals surface area contributed by atoms with Crippen molar-refractivity contribution in [3.63, 3.8) is 0 Å². The fraction of sp³-hybridized carbons (Fsp3) is 0.862. The summed E-state index contributed by atoms with van der Waals surface area (Å²) < 4.78 is 18.3. The number of carbonyl (C=O) groups excluding carboxylic acids is 3. The summed E-state index contributed by atoms with van der Waals surface area (Å²) in [6.07, 6.45) is 0.133. The average Bonchev–Trinajstić information content (AvgIpc) is 3.13. The van der Waals surface area contributed by atoms with Crippen molar-refractivity contribution in [2.24, 2.45) is 29.6 Å². The quantitative estimate of drug-likeness (QED) is 0.202. The topological polar surface area (TPSA) is 179 Å². The molecule has 2 amide bonds. The Bertz CT molecular complexity index is 1040. The highest BCUT2D eigenvalue weighted by Crippen LogP contribution is 2.60. The number of aliphatic carboxylic acids is 1. The highest BCUT2D eigenvalue weighted by atomic mass is 17.3. The molecule has 1 aliphatic carbocycles. The number of carboxylic acid groups (broad SMARTS) is 1. The molecule has 238 valence electrons. The van der Waals surface area contributed by atoms with Gasteiger partial charge in [-0.2, -0.15) is 0 Å². The molecule has 1 spiro atoms. The zero-order valence-corrected chi connectivity index (χ0v) is 25.3. The smallest absolute Gasteiger partial charge is 0.328 e. The maximum absolute atomic E-state index is 12.9. The minimum atomic E-state index is -1.52. The number of aliphatic hydroxyl groups excluding tert-OH is 1. The van der Waals surface area contributed by atoms with Crippen LogP contribution in [-0.2, 0) is 43.2 Å². The third kappa shape index (κ3) is 6.59. The van der Waals surface area contributed by atoms with Crippen molar-refractivity contribution in [1.29, 1.82) is 0 Å². The van der Waals surface area contributed by atoms with Crippen LogP contribution in [0.5, 0.6) is 0 Å². The molecular weight excluding hydrogens is 552 g/mol. The lowest BCUT2D eigenvalue weighted by atomic mass is 9.58. The Morgan fingerprint density at radius 2 is 1.71 bits per heavy atom. The van der Waals surface area contributed by atoms with Crippen molar-refractivity contribution < 1.29 is 53.4 Å². The average molecular weight is 599 g/mol. The number of carboxylic acids is 1. The highest BCUT2D eigenvalue weighted by Gasteiger charge is 2.69. The lowest BCUT2D eigenvalue weighted by molar-refractivity contribution is -0.576. The fourth-order valence-corrected chi connectivity index (χ4v) is 7.02. The Morgan fingerprint density at radius 3 is 2.36 bits per heavy atom. The van der Waals surface area contributed by atoms with E-state index in [-0.39, 0.29) is 42.9 Å². The molecule has 4 N–H and O–H groups in total. The van der Waals surface area contributed by atoms with Crippen LogP contribution >= 0.6 is 0 Å². The zero-order valence-electron chi connectivity index (χ0n) is 25.3. The Kier molecular flexibility index (Phi) is 9.88. The van der Waals surface area contributed by atoms with Crippen LogP contribution in [0.2, 0.25) is 0 Å². The molecule has 1 saturated carbocycles. The lowest BCUT2D eigenvalue weighted by Crippen LogP contribution is -2.70. The fourth-order valence-electron chi connectivity index (χ4n) is 7.02. The Balaban J connectivity index is 1.35. The molecule has 13 heteroatoms. The van der Waals surface area contributed by atoms with E-state index < -0.39 is 65.9 Å². The van der Waals surface area contributed by atoms with Gasteiger partial charge in [-0.1, -0.05) is 27.7 Å². The minimum absolute atomic E-state index is 0.00504. The molecule has 4 saturated heterocycles. The number of aliphatic hydroxyl groups is 1. The van der Waals surface area contributed by atoms with Crippen LogP contribution in [0.4, 0.5) is 0 Å². The van der Waals surface area contributed by atoms with Gasteiger partial charge in [-0.05, 0) is 57.3 Å². The molecular formula is C29H46N2O11. The molecule has 0 unspecified atom stereocenters. The van der Waals surface area contributed by atoms with Gasteiger partial charge in [0.25, 0.3) is 0 Å². The number of nitrogens with one attached hydrogen (secondary N) is 2. The van der Waals surface area contributed by atoms with Crippen LogP contribution in [0, 0.1) is 29.6 Å². The third-order valence-electron chi connectivity index (χ3n) is 9.31. The monoisotopic (exact) mass is 598 g/mol. The van der Waals surface area contributed by atoms with Gasteiger partial charge in [-0.3, -0.25) is 14.4 Å². The second-order valence-corrected chi connectivity index (χ2v) is 13.1. The molecule has 2 bridgehead atoms. The van der Waals surface area contributed by atoms with Crippen LogP contribution in [0.25, 0.3) is 0 Å². The summed E-state index contributed by atoms with van der Waals surface area (Å²) in [4.78, 5) is 61.6. The maximum Gasteiger partial charge on any atom is 0.328 e. The van der Waals surface area contributed by atoms with E-state index in [9.17, 15) is 29.4 Å². The predicted octanol–water partition coefficient (Wildman–Crippen LogP) is 2.00. The largest absolute Gasteiger partial charge is 0.480 e. The van der Waals surface area contributed by atoms with Crippen LogP contribution < -0.4 is 10.6 Å². The van der Waals surface area contributed by atoms with Gasteiger partial charge in [0, 0.05) is 24.7 Å². The summed E-state index contributed by atoms with van der Waals surface area (Å²) in [5.41, 5.74) is -0.782. The van der Waals surface area contributed by atoms with Crippen LogP contribution in [-0.4, -0.2) is 76.1 Å². The first-order chi connectivity index (χ1) is 19.7. The summed E-state index contributed by atoms with van der Waals surface area (Å²) in [7, 11) is 0. The molecule has 0 aromatic rings. The number of hydrogen-bond donors (Lipinski definition) is 4. The number of ether oxygens (including phenoxy) is 3. The lowest BCUT2D eigenvalue weighted by Gasteiger charge is -2.59. The number of amides is 2. The van der Waals surface area contributed by atoms with E-state index in [0.29, 0.717) is 12.3 Å². The summed E-state index contributed by atoms with van der Waals surface area (Å²) >= 11 is 0. The SMILES string of the molecule is CC(C)C[C@H](NC(=O)CCC(=O)O[C@@H]1O[C@H]2O[C@@]3(C)CC[C@H]4[C@H](C)CC[C@H]([C@@H]1C)[C@@]24OO3)C(=O)N[C@@H](C(=O)O)[C@H](C)O. The number of carbonyl (C=O) groups is 4. The van der Waals surface area contributed by atoms with E-state index in [1.807, 2.05) is 27.7 Å². The zero-order chi connectivity index (χ0) is 31.0. The Labute approximate surface area is 246 Å². The summed E-state index contributed by atoms with van der Waals surface area (Å²) in [6, 6.07) is -2.56. The molecule has 5 aliphatic rings. The summed E-state index contributed by atoms with van der Waals surface area (Å²) in [5.74, 6) is -3.95. The van der Waals surface area contributed by atoms with Gasteiger partial charge in [0.1, 0.15) is 6.04 Å². The normalized spacial score (nSPS) is 37.5. The number of rotatable bonds is 11. The first kappa shape index (κ1) is 32.6. The van der Waals surface area contributed by atoms with E-state index in [2.05, 4.69) is 17.6 Å². The highest BCUT2D eigenvalue weighted by molar-refractivity contribution is 5.91. The van der Waals surface area contributed by atoms with Gasteiger partial charge in [-0.15, -0.1) is 0 Å². The van der Waals surface area contributed by atoms with Gasteiger partial charge < -0.3 is 35.1 Å². The van der Waals surface area contributed by atoms with Crippen molar-refractivity contribution in [2.75, 3.05) is 0 Å². The van der Waals surface area contributed by atoms with Crippen LogP contribution in [0.15, 0.2) is 0 Å². The standard InChI is InChI=1S/C29H46N2O11/c1-14(2)13-20(24(35)31-23(17(5)32)25(36)37)30-21(33)9-10-22(34)38-26-16(4)19-8-7-15(3)18-11-12-28(6)40-27(39-26)29(18,19)42-41-28/h14-20,23,26-27,32H,7-13H2,1-6H3,(H,30,33)(H,31,35)(H,36,37)/t15-,16+,17+,18+,19-,20+,23-,26-,27+,28-,29-/m1/s1. The van der Waals surface area contributed by atoms with Crippen molar-refractivity contribution >= 4 is 23.8 Å². The summed E-state index contributed by atoms with van der Waals surface area (Å²) in [5, 5.41) is 23.8. The minimum Gasteiger partial charge on any atom is -0.480 e. The predicted molar refractivity (Wildman–Crippen MR) is 145 cm³/mol. The third-order valence-corrected chi connectivity index (χ3v) is 9.31. The van der Waals surface area contributed by atoms with Crippen LogP contribution in [0.1, 0.15) is 86.5 Å². The van der Waals surface area contributed by atoms with E-state index in [1.165, 1.54) is 6.92 Å². The van der Waals surface area contributed by atoms with Crippen molar-refractivity contribution in [1.82, 2.24) is 10.6 Å². The molecule has 13 nitrogen and oxygen atoms in total. The maximum atomic E-state index is 12.9. The summed E-state index contributed by atoms with van der Waals surface area (Å²) in [6.45, 7) is 10.9. The first-order valence-electron chi connectivity index (χ1n) is 15.1. The van der Waals surface area contributed by atoms with Crippen molar-refractivity contribution in [2.45, 2.75) is 129 Å². The van der Waals surface area contributed by atoms with Gasteiger partial charge in [-0.25, -0.2) is 14.6 Å². The van der Waals surface area contributed by atoms with E-state index in [4.69, 9.17) is 24.0 Å². The Morgan fingerprint density at radius 1 is 1.00 bits per heavy atom. The first-order valence-corrected chi connectivity index (χ1v) is 15.1. The van der Waals surface area contributed by atoms with Gasteiger partial charge in [0.2, 0.25) is 23.9 Å². The van der Waals surface area contributed by atoms with Gasteiger partial charge in [0.15, 0.2) is 17.9 Å². The Hall–Kier alpha value is -2.32. The molecule has 0 radical (unpaired) electrons. The number of esters is 1. The van der Waals surface area contributed by atoms with Crippen molar-refractivity contribution in [3.05, 3.63) is 0 Å². The molecule has 5 fully saturated rings. The second kappa shape index (κ2) is 12.7. The number of fused-ring (bicyclic) bond motifs is 2. The van der Waals surface area contributed by atoms with Crippen LogP contribution in [0.3, 0.4) is 0 Å². The second-order valence-electron chi connectivity index (χ2n) is 13.1. The van der Waals surface area contributed by atoms with E-state index in [1.54, 1.807) is 0 Å². The van der Waals surface area contributed by atoms with Gasteiger partial charge in [0.05, 0.1) is 12.5 Å². The molecule has 42 heavy (non-hydrogen) atoms.